The molecule has 0 aliphatic carbocycles. The lowest BCUT2D eigenvalue weighted by molar-refractivity contribution is -0.140. The van der Waals surface area contributed by atoms with Gasteiger partial charge in [0.05, 0.1) is 22.5 Å². The van der Waals surface area contributed by atoms with Crippen molar-refractivity contribution in [3.8, 4) is 0 Å². The molecule has 0 fully saturated rings. The molecule has 226 valence electrons. The highest BCUT2D eigenvalue weighted by molar-refractivity contribution is 7.92. The molecule has 0 aliphatic rings. The number of anilines is 1. The molecule has 0 radical (unpaired) electrons. The molecule has 0 aromatic heterocycles. The molecule has 0 heterocycles. The summed E-state index contributed by atoms with van der Waals surface area (Å²) in [5.74, 6) is -2.18. The summed E-state index contributed by atoms with van der Waals surface area (Å²) in [6.07, 6.45) is -3.52. The SMILES string of the molecule is CCCNC(=O)[C@@H](Cc1ccccc1)N(Cc1ccccc1F)C(=O)CN(c1cc(C(F)(F)F)ccc1Cl)S(C)(=O)=O. The van der Waals surface area contributed by atoms with Gasteiger partial charge in [0, 0.05) is 25.1 Å². The zero-order valence-corrected chi connectivity index (χ0v) is 24.4. The van der Waals surface area contributed by atoms with Crippen molar-refractivity contribution in [2.45, 2.75) is 38.5 Å². The zero-order valence-electron chi connectivity index (χ0n) is 22.9. The normalized spacial score (nSPS) is 12.5. The van der Waals surface area contributed by atoms with Gasteiger partial charge in [-0.1, -0.05) is 67.1 Å². The summed E-state index contributed by atoms with van der Waals surface area (Å²) in [5.41, 5.74) is -1.02. The third-order valence-corrected chi connectivity index (χ3v) is 7.79. The second kappa shape index (κ2) is 14.0. The van der Waals surface area contributed by atoms with Crippen molar-refractivity contribution in [1.29, 1.82) is 0 Å². The maximum absolute atomic E-state index is 14.8. The van der Waals surface area contributed by atoms with Gasteiger partial charge in [-0.3, -0.25) is 13.9 Å². The lowest BCUT2D eigenvalue weighted by Gasteiger charge is -2.33. The van der Waals surface area contributed by atoms with Crippen LogP contribution in [0, 0.1) is 5.82 Å². The number of rotatable bonds is 12. The van der Waals surface area contributed by atoms with Gasteiger partial charge in [-0.25, -0.2) is 12.8 Å². The second-order valence-corrected chi connectivity index (χ2v) is 11.9. The molecule has 0 saturated heterocycles. The molecule has 1 atom stereocenters. The van der Waals surface area contributed by atoms with E-state index in [2.05, 4.69) is 5.32 Å². The van der Waals surface area contributed by atoms with E-state index in [-0.39, 0.29) is 23.6 Å². The summed E-state index contributed by atoms with van der Waals surface area (Å²) in [6.45, 7) is 0.690. The number of nitrogens with one attached hydrogen (secondary N) is 1. The fraction of sp³-hybridized carbons (Fsp3) is 0.310. The fourth-order valence-electron chi connectivity index (χ4n) is 4.20. The number of hydrogen-bond donors (Lipinski definition) is 1. The number of amides is 2. The first-order valence-corrected chi connectivity index (χ1v) is 15.1. The lowest BCUT2D eigenvalue weighted by Crippen LogP contribution is -2.53. The number of carbonyl (C=O) groups excluding carboxylic acids is 2. The van der Waals surface area contributed by atoms with Gasteiger partial charge in [-0.15, -0.1) is 0 Å². The number of alkyl halides is 3. The minimum atomic E-state index is -4.82. The topological polar surface area (TPSA) is 86.8 Å². The first-order chi connectivity index (χ1) is 19.7. The van der Waals surface area contributed by atoms with E-state index in [4.69, 9.17) is 11.6 Å². The first kappa shape index (κ1) is 32.9. The molecule has 0 spiro atoms. The van der Waals surface area contributed by atoms with Crippen LogP contribution in [0.5, 0.6) is 0 Å². The van der Waals surface area contributed by atoms with E-state index in [9.17, 15) is 35.6 Å². The molecule has 1 N–H and O–H groups in total. The average Bonchev–Trinajstić information content (AvgIpc) is 2.93. The van der Waals surface area contributed by atoms with Crippen LogP contribution in [-0.4, -0.2) is 50.5 Å². The van der Waals surface area contributed by atoms with Crippen LogP contribution < -0.4 is 9.62 Å². The number of carbonyl (C=O) groups is 2. The van der Waals surface area contributed by atoms with Gasteiger partial charge in [0.1, 0.15) is 18.4 Å². The summed E-state index contributed by atoms with van der Waals surface area (Å²) in [6, 6.07) is 15.2. The van der Waals surface area contributed by atoms with Gasteiger partial charge < -0.3 is 10.2 Å². The number of sulfonamides is 1. The third kappa shape index (κ3) is 8.68. The Bertz CT molecular complexity index is 1500. The Labute approximate surface area is 247 Å². The Morgan fingerprint density at radius 2 is 1.64 bits per heavy atom. The summed E-state index contributed by atoms with van der Waals surface area (Å²) in [7, 11) is -4.37. The van der Waals surface area contributed by atoms with Crippen LogP contribution in [0.1, 0.15) is 30.0 Å². The molecule has 13 heteroatoms. The molecule has 0 unspecified atom stereocenters. The maximum atomic E-state index is 14.8. The van der Waals surface area contributed by atoms with Gasteiger partial charge in [-0.05, 0) is 36.2 Å². The Morgan fingerprint density at radius 1 is 1.00 bits per heavy atom. The fourth-order valence-corrected chi connectivity index (χ4v) is 5.33. The van der Waals surface area contributed by atoms with Crippen molar-refractivity contribution in [3.63, 3.8) is 0 Å². The van der Waals surface area contributed by atoms with Crippen LogP contribution in [0.2, 0.25) is 5.02 Å². The van der Waals surface area contributed by atoms with Crippen molar-refractivity contribution >= 4 is 39.1 Å². The summed E-state index contributed by atoms with van der Waals surface area (Å²) in [5, 5.41) is 2.39. The highest BCUT2D eigenvalue weighted by Crippen LogP contribution is 2.36. The van der Waals surface area contributed by atoms with Gasteiger partial charge >= 0.3 is 6.18 Å². The van der Waals surface area contributed by atoms with Gasteiger partial charge in [0.2, 0.25) is 21.8 Å². The number of benzene rings is 3. The Balaban J connectivity index is 2.11. The highest BCUT2D eigenvalue weighted by atomic mass is 35.5. The van der Waals surface area contributed by atoms with Crippen molar-refractivity contribution in [3.05, 3.63) is 100 Å². The molecule has 2 amide bonds. The maximum Gasteiger partial charge on any atom is 0.416 e. The zero-order chi connectivity index (χ0) is 31.1. The summed E-state index contributed by atoms with van der Waals surface area (Å²) < 4.78 is 81.3. The predicted octanol–water partition coefficient (Wildman–Crippen LogP) is 5.43. The van der Waals surface area contributed by atoms with E-state index in [1.807, 2.05) is 6.92 Å². The first-order valence-electron chi connectivity index (χ1n) is 12.9. The van der Waals surface area contributed by atoms with Crippen LogP contribution in [0.4, 0.5) is 23.2 Å². The molecule has 0 aliphatic heterocycles. The van der Waals surface area contributed by atoms with E-state index in [0.29, 0.717) is 34.7 Å². The third-order valence-electron chi connectivity index (χ3n) is 6.34. The van der Waals surface area contributed by atoms with Crippen molar-refractivity contribution in [1.82, 2.24) is 10.2 Å². The standard InChI is InChI=1S/C29H30ClF4N3O4S/c1-3-15-35-28(39)26(16-20-9-5-4-6-10-20)36(18-21-11-7-8-12-24(21)31)27(38)19-37(42(2,40)41)25-17-22(29(32,33)34)13-14-23(25)30/h4-14,17,26H,3,15-16,18-19H2,1-2H3,(H,35,39)/t26-/m1/s1. The molecule has 3 aromatic carbocycles. The number of hydrogen-bond acceptors (Lipinski definition) is 4. The largest absolute Gasteiger partial charge is 0.416 e. The van der Waals surface area contributed by atoms with Gasteiger partial charge in [0.25, 0.3) is 0 Å². The van der Waals surface area contributed by atoms with Crippen LogP contribution in [0.15, 0.2) is 72.8 Å². The van der Waals surface area contributed by atoms with E-state index >= 15 is 0 Å². The summed E-state index contributed by atoms with van der Waals surface area (Å²) >= 11 is 6.13. The molecule has 7 nitrogen and oxygen atoms in total. The van der Waals surface area contributed by atoms with E-state index in [0.717, 1.165) is 11.0 Å². The lowest BCUT2D eigenvalue weighted by atomic mass is 10.0. The van der Waals surface area contributed by atoms with Gasteiger partial charge in [0.15, 0.2) is 0 Å². The minimum absolute atomic E-state index is 0.000228. The van der Waals surface area contributed by atoms with Crippen LogP contribution in [0.25, 0.3) is 0 Å². The predicted molar refractivity (Wildman–Crippen MR) is 153 cm³/mol. The molecular weight excluding hydrogens is 598 g/mol. The van der Waals surface area contributed by atoms with Crippen LogP contribution in [-0.2, 0) is 38.8 Å². The molecular formula is C29H30ClF4N3O4S. The Kier molecular flexibility index (Phi) is 11.0. The quantitative estimate of drug-likeness (QED) is 0.271. The van der Waals surface area contributed by atoms with E-state index in [1.54, 1.807) is 30.3 Å². The molecule has 42 heavy (non-hydrogen) atoms. The highest BCUT2D eigenvalue weighted by Gasteiger charge is 2.36. The van der Waals surface area contributed by atoms with Crippen molar-refractivity contribution in [2.75, 3.05) is 23.7 Å². The molecule has 3 rings (SSSR count). The Morgan fingerprint density at radius 3 is 2.24 bits per heavy atom. The average molecular weight is 628 g/mol. The minimum Gasteiger partial charge on any atom is -0.354 e. The van der Waals surface area contributed by atoms with Gasteiger partial charge in [-0.2, -0.15) is 13.2 Å². The molecule has 0 saturated carbocycles. The summed E-state index contributed by atoms with van der Waals surface area (Å²) in [4.78, 5) is 28.4. The smallest absolute Gasteiger partial charge is 0.354 e. The monoisotopic (exact) mass is 627 g/mol. The van der Waals surface area contributed by atoms with Crippen LogP contribution in [0.3, 0.4) is 0 Å². The van der Waals surface area contributed by atoms with Crippen molar-refractivity contribution < 1.29 is 35.6 Å². The second-order valence-electron chi connectivity index (χ2n) is 9.54. The van der Waals surface area contributed by atoms with E-state index in [1.165, 1.54) is 24.3 Å². The number of halogens is 5. The van der Waals surface area contributed by atoms with Crippen LogP contribution >= 0.6 is 11.6 Å². The van der Waals surface area contributed by atoms with Crippen molar-refractivity contribution in [2.24, 2.45) is 0 Å². The number of nitrogens with zero attached hydrogens (tertiary/aromatic N) is 2. The molecule has 3 aromatic rings. The molecule has 0 bridgehead atoms. The Hall–Kier alpha value is -3.64. The van der Waals surface area contributed by atoms with E-state index < -0.39 is 64.2 Å².